The van der Waals surface area contributed by atoms with E-state index in [0.717, 1.165) is 0 Å². The molecule has 30 heavy (non-hydrogen) atoms. The summed E-state index contributed by atoms with van der Waals surface area (Å²) < 4.78 is 0. The third kappa shape index (κ3) is 10.6. The van der Waals surface area contributed by atoms with Crippen LogP contribution in [0, 0.1) is 5.92 Å². The summed E-state index contributed by atoms with van der Waals surface area (Å²) in [5.41, 5.74) is 16.1. The summed E-state index contributed by atoms with van der Waals surface area (Å²) in [5, 5.41) is 25.4. The molecular formula is C17H33N7O6. The highest BCUT2D eigenvalue weighted by atomic mass is 16.4. The first kappa shape index (κ1) is 27.1. The second-order valence-electron chi connectivity index (χ2n) is 6.78. The number of nitrogens with one attached hydrogen (secondary N) is 3. The van der Waals surface area contributed by atoms with Crippen LogP contribution in [0.25, 0.3) is 0 Å². The molecule has 0 bridgehead atoms. The molecule has 0 rings (SSSR count). The van der Waals surface area contributed by atoms with Gasteiger partial charge in [0.25, 0.3) is 0 Å². The molecule has 13 nitrogen and oxygen atoms in total. The Morgan fingerprint density at radius 3 is 2.20 bits per heavy atom. The highest BCUT2D eigenvalue weighted by Crippen LogP contribution is 2.04. The van der Waals surface area contributed by atoms with Crippen LogP contribution in [-0.2, 0) is 19.2 Å². The average Bonchev–Trinajstić information content (AvgIpc) is 2.70. The standard InChI is InChI=1S/C17H33N7O6/c1-3-9(2)13(18)15(28)22-7-12(26)23-11(8-25)14(27)24-10(16(29)30)5-4-6-21-17(19)20/h9-11,13,25H,3-8,18H2,1-2H3,(H,22,28)(H,23,26)(H,24,27)(H,29,30)(H4,19,20,21). The predicted octanol–water partition coefficient (Wildman–Crippen LogP) is -3.42. The Morgan fingerprint density at radius 1 is 1.07 bits per heavy atom. The van der Waals surface area contributed by atoms with Crippen molar-refractivity contribution in [2.75, 3.05) is 19.7 Å². The highest BCUT2D eigenvalue weighted by Gasteiger charge is 2.26. The van der Waals surface area contributed by atoms with Gasteiger partial charge in [-0.15, -0.1) is 0 Å². The third-order valence-corrected chi connectivity index (χ3v) is 4.38. The van der Waals surface area contributed by atoms with E-state index in [1.54, 1.807) is 6.92 Å². The van der Waals surface area contributed by atoms with Crippen LogP contribution in [0.4, 0.5) is 0 Å². The van der Waals surface area contributed by atoms with Gasteiger partial charge in [0.05, 0.1) is 19.2 Å². The molecular weight excluding hydrogens is 398 g/mol. The zero-order chi connectivity index (χ0) is 23.3. The van der Waals surface area contributed by atoms with Crippen LogP contribution in [0.5, 0.6) is 0 Å². The van der Waals surface area contributed by atoms with Gasteiger partial charge in [-0.1, -0.05) is 20.3 Å². The minimum Gasteiger partial charge on any atom is -0.480 e. The van der Waals surface area contributed by atoms with Crippen molar-refractivity contribution < 1.29 is 29.4 Å². The van der Waals surface area contributed by atoms with Crippen molar-refractivity contribution >= 4 is 29.7 Å². The SMILES string of the molecule is CCC(C)C(N)C(=O)NCC(=O)NC(CO)C(=O)NC(CCCN=C(N)N)C(=O)O. The monoisotopic (exact) mass is 431 g/mol. The number of nitrogens with zero attached hydrogens (tertiary/aromatic N) is 1. The summed E-state index contributed by atoms with van der Waals surface area (Å²) in [6.45, 7) is 2.64. The van der Waals surface area contributed by atoms with Gasteiger partial charge in [-0.25, -0.2) is 4.79 Å². The minimum absolute atomic E-state index is 0.0352. The van der Waals surface area contributed by atoms with E-state index < -0.39 is 55.0 Å². The lowest BCUT2D eigenvalue weighted by atomic mass is 9.99. The van der Waals surface area contributed by atoms with E-state index in [9.17, 15) is 29.4 Å². The fourth-order valence-corrected chi connectivity index (χ4v) is 2.27. The molecule has 3 amide bonds. The van der Waals surface area contributed by atoms with Gasteiger partial charge in [0.2, 0.25) is 17.7 Å². The molecule has 4 unspecified atom stereocenters. The number of amides is 3. The van der Waals surface area contributed by atoms with E-state index >= 15 is 0 Å². The number of carboxylic acid groups (broad SMARTS) is 1. The zero-order valence-corrected chi connectivity index (χ0v) is 17.3. The number of aliphatic carboxylic acids is 1. The lowest BCUT2D eigenvalue weighted by Crippen LogP contribution is -2.55. The Kier molecular flexibility index (Phi) is 12.7. The number of aliphatic hydroxyl groups is 1. The van der Waals surface area contributed by atoms with Crippen LogP contribution in [-0.4, -0.2) is 77.7 Å². The van der Waals surface area contributed by atoms with Gasteiger partial charge in [0.1, 0.15) is 12.1 Å². The van der Waals surface area contributed by atoms with E-state index in [0.29, 0.717) is 6.42 Å². The van der Waals surface area contributed by atoms with Crippen LogP contribution in [0.15, 0.2) is 4.99 Å². The molecule has 0 radical (unpaired) electrons. The number of aliphatic imine (C=N–C) groups is 1. The maximum Gasteiger partial charge on any atom is 0.326 e. The maximum absolute atomic E-state index is 12.2. The number of hydrogen-bond donors (Lipinski definition) is 8. The van der Waals surface area contributed by atoms with Crippen LogP contribution in [0.2, 0.25) is 0 Å². The lowest BCUT2D eigenvalue weighted by molar-refractivity contribution is -0.142. The molecule has 0 fully saturated rings. The highest BCUT2D eigenvalue weighted by molar-refractivity contribution is 5.92. The summed E-state index contributed by atoms with van der Waals surface area (Å²) in [4.78, 5) is 51.1. The Balaban J connectivity index is 4.65. The summed E-state index contributed by atoms with van der Waals surface area (Å²) in [6, 6.07) is -3.43. The van der Waals surface area contributed by atoms with E-state index in [1.165, 1.54) is 0 Å². The molecule has 4 atom stereocenters. The molecule has 0 spiro atoms. The predicted molar refractivity (Wildman–Crippen MR) is 109 cm³/mol. The summed E-state index contributed by atoms with van der Waals surface area (Å²) >= 11 is 0. The largest absolute Gasteiger partial charge is 0.480 e. The van der Waals surface area contributed by atoms with E-state index in [-0.39, 0.29) is 31.3 Å². The minimum atomic E-state index is -1.39. The van der Waals surface area contributed by atoms with Gasteiger partial charge in [0.15, 0.2) is 5.96 Å². The molecule has 172 valence electrons. The Hall–Kier alpha value is -2.93. The number of hydrogen-bond acceptors (Lipinski definition) is 7. The Bertz CT molecular complexity index is 624. The fourth-order valence-electron chi connectivity index (χ4n) is 2.27. The van der Waals surface area contributed by atoms with E-state index in [2.05, 4.69) is 20.9 Å². The molecule has 0 aliphatic rings. The lowest BCUT2D eigenvalue weighted by Gasteiger charge is -2.21. The van der Waals surface area contributed by atoms with Crippen molar-refractivity contribution in [3.05, 3.63) is 0 Å². The van der Waals surface area contributed by atoms with Crippen LogP contribution >= 0.6 is 0 Å². The molecule has 0 heterocycles. The first-order valence-corrected chi connectivity index (χ1v) is 9.55. The normalized spacial score (nSPS) is 14.5. The van der Waals surface area contributed by atoms with E-state index in [1.807, 2.05) is 6.92 Å². The van der Waals surface area contributed by atoms with Gasteiger partial charge in [-0.3, -0.25) is 19.4 Å². The van der Waals surface area contributed by atoms with Crippen LogP contribution in [0.3, 0.4) is 0 Å². The zero-order valence-electron chi connectivity index (χ0n) is 17.3. The molecule has 11 N–H and O–H groups in total. The second kappa shape index (κ2) is 14.1. The van der Waals surface area contributed by atoms with Gasteiger partial charge >= 0.3 is 5.97 Å². The summed E-state index contributed by atoms with van der Waals surface area (Å²) in [7, 11) is 0. The fraction of sp³-hybridized carbons (Fsp3) is 0.706. The van der Waals surface area contributed by atoms with Crippen molar-refractivity contribution in [2.45, 2.75) is 51.2 Å². The van der Waals surface area contributed by atoms with Crippen LogP contribution in [0.1, 0.15) is 33.1 Å². The first-order valence-electron chi connectivity index (χ1n) is 9.55. The maximum atomic E-state index is 12.2. The second-order valence-corrected chi connectivity index (χ2v) is 6.78. The van der Waals surface area contributed by atoms with E-state index in [4.69, 9.17) is 17.2 Å². The average molecular weight is 431 g/mol. The molecule has 13 heteroatoms. The van der Waals surface area contributed by atoms with Crippen molar-refractivity contribution in [1.82, 2.24) is 16.0 Å². The third-order valence-electron chi connectivity index (χ3n) is 4.38. The first-order chi connectivity index (χ1) is 14.0. The molecule has 0 saturated carbocycles. The number of nitrogens with two attached hydrogens (primary N) is 3. The number of guanidine groups is 1. The Morgan fingerprint density at radius 2 is 1.70 bits per heavy atom. The number of rotatable bonds is 14. The number of carbonyl (C=O) groups excluding carboxylic acids is 3. The molecule has 0 aromatic heterocycles. The molecule has 0 aromatic rings. The molecule has 0 aromatic carbocycles. The van der Waals surface area contributed by atoms with Crippen LogP contribution < -0.4 is 33.2 Å². The van der Waals surface area contributed by atoms with Gasteiger partial charge in [-0.2, -0.15) is 0 Å². The summed E-state index contributed by atoms with van der Waals surface area (Å²) in [6.07, 6.45) is 1.01. The molecule has 0 aliphatic carbocycles. The van der Waals surface area contributed by atoms with Crippen molar-refractivity contribution in [3.63, 3.8) is 0 Å². The molecule has 0 aliphatic heterocycles. The number of carbonyl (C=O) groups is 4. The number of carboxylic acids is 1. The Labute approximate surface area is 174 Å². The number of aliphatic hydroxyl groups excluding tert-OH is 1. The smallest absolute Gasteiger partial charge is 0.326 e. The van der Waals surface area contributed by atoms with Gasteiger partial charge in [0, 0.05) is 6.54 Å². The van der Waals surface area contributed by atoms with Crippen molar-refractivity contribution in [1.29, 1.82) is 0 Å². The van der Waals surface area contributed by atoms with Crippen molar-refractivity contribution in [2.24, 2.45) is 28.1 Å². The van der Waals surface area contributed by atoms with Gasteiger partial charge in [-0.05, 0) is 18.8 Å². The topological polar surface area (TPSA) is 235 Å². The summed E-state index contributed by atoms with van der Waals surface area (Å²) in [5.74, 6) is -3.65. The van der Waals surface area contributed by atoms with Crippen molar-refractivity contribution in [3.8, 4) is 0 Å². The quantitative estimate of drug-likeness (QED) is 0.0775. The molecule has 0 saturated heterocycles. The van der Waals surface area contributed by atoms with Gasteiger partial charge < -0.3 is 43.4 Å².